The lowest BCUT2D eigenvalue weighted by atomic mass is 10.0. The van der Waals surface area contributed by atoms with E-state index in [1.807, 2.05) is 0 Å². The van der Waals surface area contributed by atoms with E-state index in [0.29, 0.717) is 0 Å². The van der Waals surface area contributed by atoms with Gasteiger partial charge in [-0.25, -0.2) is 0 Å². The maximum absolute atomic E-state index is 11.4. The maximum Gasteiger partial charge on any atom is 0.310 e. The molecule has 0 aliphatic carbocycles. The molecule has 8 heteroatoms. The van der Waals surface area contributed by atoms with E-state index in [1.165, 1.54) is 0 Å². The van der Waals surface area contributed by atoms with Crippen molar-refractivity contribution in [3.63, 3.8) is 0 Å². The van der Waals surface area contributed by atoms with E-state index in [2.05, 4.69) is 0 Å². The Balaban J connectivity index is 2.00. The summed E-state index contributed by atoms with van der Waals surface area (Å²) in [5, 5.41) is 28.3. The number of fused-ring (bicyclic) bond motifs is 1. The molecule has 0 aromatic rings. The third-order valence-electron chi connectivity index (χ3n) is 3.07. The molecule has 0 aromatic carbocycles. The van der Waals surface area contributed by atoms with E-state index < -0.39 is 43.0 Å². The van der Waals surface area contributed by atoms with Crippen LogP contribution < -0.4 is 0 Å². The summed E-state index contributed by atoms with van der Waals surface area (Å²) in [7, 11) is 0. The number of carbonyl (C=O) groups is 1. The van der Waals surface area contributed by atoms with Gasteiger partial charge in [-0.3, -0.25) is 4.79 Å². The SMILES string of the molecule is CCOC(=O)CC1OC(CO)C2OC(O)C(O)C2O1. The van der Waals surface area contributed by atoms with Crippen molar-refractivity contribution in [2.45, 2.75) is 50.3 Å². The molecule has 2 aliphatic rings. The van der Waals surface area contributed by atoms with Gasteiger partial charge >= 0.3 is 5.97 Å². The highest BCUT2D eigenvalue weighted by molar-refractivity contribution is 5.69. The molecule has 2 aliphatic heterocycles. The molecule has 0 saturated carbocycles. The lowest BCUT2D eigenvalue weighted by Gasteiger charge is -2.37. The molecule has 19 heavy (non-hydrogen) atoms. The Bertz CT molecular complexity index is 322. The highest BCUT2D eigenvalue weighted by Gasteiger charge is 2.52. The Hall–Kier alpha value is -0.770. The molecule has 0 bridgehead atoms. The normalized spacial score (nSPS) is 41.9. The van der Waals surface area contributed by atoms with Crippen LogP contribution in [0.15, 0.2) is 0 Å². The van der Waals surface area contributed by atoms with Gasteiger partial charge in [0.1, 0.15) is 24.4 Å². The van der Waals surface area contributed by atoms with Crippen LogP contribution in [0.1, 0.15) is 13.3 Å². The van der Waals surface area contributed by atoms with Gasteiger partial charge in [-0.1, -0.05) is 0 Å². The van der Waals surface area contributed by atoms with Crippen molar-refractivity contribution in [2.75, 3.05) is 13.2 Å². The lowest BCUT2D eigenvalue weighted by Crippen LogP contribution is -2.52. The van der Waals surface area contributed by atoms with Gasteiger partial charge in [0.25, 0.3) is 0 Å². The summed E-state index contributed by atoms with van der Waals surface area (Å²) in [6.45, 7) is 1.55. The first kappa shape index (κ1) is 14.6. The van der Waals surface area contributed by atoms with Crippen LogP contribution in [-0.2, 0) is 23.7 Å². The van der Waals surface area contributed by atoms with Crippen LogP contribution in [0, 0.1) is 0 Å². The third kappa shape index (κ3) is 3.04. The first-order valence-electron chi connectivity index (χ1n) is 6.15. The van der Waals surface area contributed by atoms with Crippen LogP contribution in [0.4, 0.5) is 0 Å². The highest BCUT2D eigenvalue weighted by Crippen LogP contribution is 2.32. The van der Waals surface area contributed by atoms with Gasteiger partial charge in [-0.15, -0.1) is 0 Å². The molecule has 0 radical (unpaired) electrons. The average Bonchev–Trinajstić information content (AvgIpc) is 2.65. The number of ether oxygens (including phenoxy) is 4. The van der Waals surface area contributed by atoms with Crippen molar-refractivity contribution in [2.24, 2.45) is 0 Å². The molecular formula is C11H18O8. The number of esters is 1. The Morgan fingerprint density at radius 3 is 2.58 bits per heavy atom. The largest absolute Gasteiger partial charge is 0.466 e. The van der Waals surface area contributed by atoms with Crippen molar-refractivity contribution < 1.29 is 39.1 Å². The fourth-order valence-corrected chi connectivity index (χ4v) is 2.21. The number of aliphatic hydroxyl groups excluding tert-OH is 3. The van der Waals surface area contributed by atoms with E-state index in [0.717, 1.165) is 0 Å². The second-order valence-electron chi connectivity index (χ2n) is 4.38. The Labute approximate surface area is 109 Å². The zero-order valence-corrected chi connectivity index (χ0v) is 10.5. The number of rotatable bonds is 4. The van der Waals surface area contributed by atoms with Crippen LogP contribution in [0.2, 0.25) is 0 Å². The molecule has 2 fully saturated rings. The molecule has 3 N–H and O–H groups in total. The Morgan fingerprint density at radius 2 is 1.95 bits per heavy atom. The van der Waals surface area contributed by atoms with E-state index in [-0.39, 0.29) is 19.6 Å². The first-order valence-corrected chi connectivity index (χ1v) is 6.15. The van der Waals surface area contributed by atoms with E-state index in [4.69, 9.17) is 18.9 Å². The molecule has 2 rings (SSSR count). The van der Waals surface area contributed by atoms with Crippen LogP contribution in [-0.4, -0.2) is 71.5 Å². The van der Waals surface area contributed by atoms with Crippen LogP contribution in [0.3, 0.4) is 0 Å². The lowest BCUT2D eigenvalue weighted by molar-refractivity contribution is -0.287. The Kier molecular flexibility index (Phi) is 4.71. The predicted octanol–water partition coefficient (Wildman–Crippen LogP) is -1.88. The van der Waals surface area contributed by atoms with Crippen molar-refractivity contribution in [3.05, 3.63) is 0 Å². The predicted molar refractivity (Wildman–Crippen MR) is 58.8 cm³/mol. The quantitative estimate of drug-likeness (QED) is 0.512. The zero-order valence-electron chi connectivity index (χ0n) is 10.5. The van der Waals surface area contributed by atoms with Crippen LogP contribution in [0.25, 0.3) is 0 Å². The molecule has 6 unspecified atom stereocenters. The summed E-state index contributed by atoms with van der Waals surface area (Å²) in [4.78, 5) is 11.4. The molecule has 0 amide bonds. The zero-order chi connectivity index (χ0) is 14.0. The van der Waals surface area contributed by atoms with Gasteiger partial charge in [0.05, 0.1) is 19.6 Å². The number of carbonyl (C=O) groups excluding carboxylic acids is 1. The van der Waals surface area contributed by atoms with Crippen molar-refractivity contribution in [3.8, 4) is 0 Å². The van der Waals surface area contributed by atoms with Gasteiger partial charge in [0, 0.05) is 0 Å². The number of hydrogen-bond acceptors (Lipinski definition) is 8. The van der Waals surface area contributed by atoms with Crippen LogP contribution >= 0.6 is 0 Å². The fourth-order valence-electron chi connectivity index (χ4n) is 2.21. The minimum absolute atomic E-state index is 0.156. The minimum atomic E-state index is -1.39. The third-order valence-corrected chi connectivity index (χ3v) is 3.07. The van der Waals surface area contributed by atoms with Gasteiger partial charge in [-0.05, 0) is 6.92 Å². The van der Waals surface area contributed by atoms with Crippen molar-refractivity contribution >= 4 is 5.97 Å². The highest BCUT2D eigenvalue weighted by atomic mass is 16.7. The summed E-state index contributed by atoms with van der Waals surface area (Å²) in [5.41, 5.74) is 0. The van der Waals surface area contributed by atoms with Crippen LogP contribution in [0.5, 0.6) is 0 Å². The molecule has 2 heterocycles. The topological polar surface area (TPSA) is 115 Å². The van der Waals surface area contributed by atoms with E-state index in [9.17, 15) is 20.1 Å². The summed E-state index contributed by atoms with van der Waals surface area (Å²) < 4.78 is 20.5. The summed E-state index contributed by atoms with van der Waals surface area (Å²) in [6.07, 6.45) is -6.13. The smallest absolute Gasteiger partial charge is 0.310 e. The Morgan fingerprint density at radius 1 is 1.21 bits per heavy atom. The molecule has 0 aromatic heterocycles. The van der Waals surface area contributed by atoms with Gasteiger partial charge < -0.3 is 34.3 Å². The van der Waals surface area contributed by atoms with E-state index >= 15 is 0 Å². The average molecular weight is 278 g/mol. The summed E-state index contributed by atoms with van der Waals surface area (Å²) in [5.74, 6) is -0.503. The second-order valence-corrected chi connectivity index (χ2v) is 4.38. The molecular weight excluding hydrogens is 260 g/mol. The standard InChI is InChI=1S/C11H18O8/c1-2-16-6(13)3-7-17-5(4-12)9-10(18-7)8(14)11(15)19-9/h5,7-12,14-15H,2-4H2,1H3. The van der Waals surface area contributed by atoms with Gasteiger partial charge in [0.15, 0.2) is 12.6 Å². The monoisotopic (exact) mass is 278 g/mol. The van der Waals surface area contributed by atoms with E-state index in [1.54, 1.807) is 6.92 Å². The fraction of sp³-hybridized carbons (Fsp3) is 0.909. The molecule has 110 valence electrons. The molecule has 2 saturated heterocycles. The second kappa shape index (κ2) is 6.12. The van der Waals surface area contributed by atoms with Crippen molar-refractivity contribution in [1.82, 2.24) is 0 Å². The molecule has 8 nitrogen and oxygen atoms in total. The number of aliphatic hydroxyl groups is 3. The summed E-state index contributed by atoms with van der Waals surface area (Å²) in [6, 6.07) is 0. The molecule has 6 atom stereocenters. The molecule has 0 spiro atoms. The maximum atomic E-state index is 11.4. The minimum Gasteiger partial charge on any atom is -0.466 e. The first-order chi connectivity index (χ1) is 9.06. The van der Waals surface area contributed by atoms with Crippen molar-refractivity contribution in [1.29, 1.82) is 0 Å². The number of hydrogen-bond donors (Lipinski definition) is 3. The van der Waals surface area contributed by atoms with Gasteiger partial charge in [0.2, 0.25) is 0 Å². The van der Waals surface area contributed by atoms with Gasteiger partial charge in [-0.2, -0.15) is 0 Å². The summed E-state index contributed by atoms with van der Waals surface area (Å²) >= 11 is 0.